The van der Waals surface area contributed by atoms with Crippen LogP contribution in [0.2, 0.25) is 0 Å². The lowest BCUT2D eigenvalue weighted by molar-refractivity contribution is -0.114. The number of anilines is 1. The van der Waals surface area contributed by atoms with E-state index in [-0.39, 0.29) is 0 Å². The monoisotopic (exact) mass is 351 g/mol. The minimum absolute atomic E-state index is 0.394. The number of aryl methyl sites for hydroxylation is 2. The summed E-state index contributed by atoms with van der Waals surface area (Å²) in [6, 6.07) is 5.10. The Hall–Kier alpha value is -0.540. The first-order chi connectivity index (χ1) is 10.1. The highest BCUT2D eigenvalue weighted by molar-refractivity contribution is 9.10. The molecule has 2 aliphatic carbocycles. The van der Waals surface area contributed by atoms with Crippen molar-refractivity contribution >= 4 is 21.6 Å². The van der Waals surface area contributed by atoms with Crippen LogP contribution in [-0.2, 0) is 4.74 Å². The topological polar surface area (TPSA) is 21.3 Å². The molecule has 0 aliphatic heterocycles. The average molecular weight is 352 g/mol. The number of ether oxygens (including phenoxy) is 1. The van der Waals surface area contributed by atoms with Crippen molar-refractivity contribution in [1.29, 1.82) is 0 Å². The summed E-state index contributed by atoms with van der Waals surface area (Å²) in [6.07, 6.45) is 7.00. The van der Waals surface area contributed by atoms with Crippen LogP contribution in [0, 0.1) is 19.3 Å². The van der Waals surface area contributed by atoms with Crippen molar-refractivity contribution in [2.45, 2.75) is 65.0 Å². The van der Waals surface area contributed by atoms with Gasteiger partial charge in [0.05, 0.1) is 6.10 Å². The standard InChI is InChI=1S/C18H26BrNO/c1-4-21-16-11-15(18(16)7-5-6-8-18)20-14-9-12(2)17(19)13(3)10-14/h9-10,15-16,20H,4-8,11H2,1-3H3. The first-order valence-corrected chi connectivity index (χ1v) is 9.01. The molecule has 0 saturated heterocycles. The van der Waals surface area contributed by atoms with Crippen LogP contribution in [0.15, 0.2) is 16.6 Å². The van der Waals surface area contributed by atoms with E-state index in [9.17, 15) is 0 Å². The lowest BCUT2D eigenvalue weighted by atomic mass is 9.60. The molecule has 2 saturated carbocycles. The highest BCUT2D eigenvalue weighted by Gasteiger charge is 2.56. The Morgan fingerprint density at radius 1 is 1.24 bits per heavy atom. The Balaban J connectivity index is 1.76. The van der Waals surface area contributed by atoms with E-state index < -0.39 is 0 Å². The van der Waals surface area contributed by atoms with E-state index >= 15 is 0 Å². The molecule has 2 atom stereocenters. The molecule has 0 radical (unpaired) electrons. The van der Waals surface area contributed by atoms with Gasteiger partial charge in [-0.25, -0.2) is 0 Å². The van der Waals surface area contributed by atoms with Crippen molar-refractivity contribution in [3.05, 3.63) is 27.7 Å². The summed E-state index contributed by atoms with van der Waals surface area (Å²) in [6.45, 7) is 7.29. The van der Waals surface area contributed by atoms with Crippen molar-refractivity contribution < 1.29 is 4.74 Å². The average Bonchev–Trinajstić information content (AvgIpc) is 2.96. The molecule has 2 nitrogen and oxygen atoms in total. The van der Waals surface area contributed by atoms with E-state index in [4.69, 9.17) is 4.74 Å². The van der Waals surface area contributed by atoms with Gasteiger partial charge in [-0.3, -0.25) is 0 Å². The zero-order valence-corrected chi connectivity index (χ0v) is 14.9. The number of nitrogens with one attached hydrogen (secondary N) is 1. The second-order valence-electron chi connectivity index (χ2n) is 6.74. The van der Waals surface area contributed by atoms with Crippen molar-refractivity contribution in [3.8, 4) is 0 Å². The largest absolute Gasteiger partial charge is 0.382 e. The first kappa shape index (κ1) is 15.4. The van der Waals surface area contributed by atoms with Gasteiger partial charge < -0.3 is 10.1 Å². The molecule has 1 N–H and O–H groups in total. The van der Waals surface area contributed by atoms with Crippen LogP contribution in [0.4, 0.5) is 5.69 Å². The van der Waals surface area contributed by atoms with Gasteiger partial charge in [0.25, 0.3) is 0 Å². The third-order valence-electron chi connectivity index (χ3n) is 5.46. The van der Waals surface area contributed by atoms with Gasteiger partial charge in [0.1, 0.15) is 0 Å². The summed E-state index contributed by atoms with van der Waals surface area (Å²) in [4.78, 5) is 0. The van der Waals surface area contributed by atoms with Gasteiger partial charge in [-0.2, -0.15) is 0 Å². The molecule has 3 rings (SSSR count). The molecule has 1 spiro atoms. The van der Waals surface area contributed by atoms with Crippen molar-refractivity contribution in [2.24, 2.45) is 5.41 Å². The number of benzene rings is 1. The van der Waals surface area contributed by atoms with Crippen LogP contribution in [0.3, 0.4) is 0 Å². The van der Waals surface area contributed by atoms with E-state index in [0.29, 0.717) is 17.6 Å². The lowest BCUT2D eigenvalue weighted by Gasteiger charge is -2.54. The fraction of sp³-hybridized carbons (Fsp3) is 0.667. The smallest absolute Gasteiger partial charge is 0.0670 e. The summed E-state index contributed by atoms with van der Waals surface area (Å²) >= 11 is 3.65. The van der Waals surface area contributed by atoms with Crippen LogP contribution < -0.4 is 5.32 Å². The van der Waals surface area contributed by atoms with E-state index in [1.54, 1.807) is 0 Å². The maximum atomic E-state index is 6.00. The van der Waals surface area contributed by atoms with E-state index in [2.05, 4.69) is 54.2 Å². The SMILES string of the molecule is CCOC1CC(Nc2cc(C)c(Br)c(C)c2)C12CCCC2. The van der Waals surface area contributed by atoms with Crippen molar-refractivity contribution in [1.82, 2.24) is 0 Å². The van der Waals surface area contributed by atoms with E-state index in [1.807, 2.05) is 0 Å². The summed E-state index contributed by atoms with van der Waals surface area (Å²) in [5.41, 5.74) is 4.27. The van der Waals surface area contributed by atoms with Gasteiger partial charge in [0.15, 0.2) is 0 Å². The van der Waals surface area contributed by atoms with Crippen LogP contribution in [-0.4, -0.2) is 18.8 Å². The molecule has 21 heavy (non-hydrogen) atoms. The Labute approximate surface area is 136 Å². The molecular weight excluding hydrogens is 326 g/mol. The minimum atomic E-state index is 0.394. The normalized spacial score (nSPS) is 26.9. The molecular formula is C18H26BrNO. The molecule has 2 aliphatic rings. The van der Waals surface area contributed by atoms with Crippen LogP contribution in [0.1, 0.15) is 50.2 Å². The Kier molecular flexibility index (Phi) is 4.33. The van der Waals surface area contributed by atoms with E-state index in [0.717, 1.165) is 13.0 Å². The summed E-state index contributed by atoms with van der Waals surface area (Å²) in [5.74, 6) is 0. The second kappa shape index (κ2) is 5.92. The summed E-state index contributed by atoms with van der Waals surface area (Å²) in [5, 5.41) is 3.81. The molecule has 0 aromatic heterocycles. The second-order valence-corrected chi connectivity index (χ2v) is 7.53. The Morgan fingerprint density at radius 3 is 2.43 bits per heavy atom. The first-order valence-electron chi connectivity index (χ1n) is 8.21. The van der Waals surface area contributed by atoms with Gasteiger partial charge in [-0.15, -0.1) is 0 Å². The van der Waals surface area contributed by atoms with Crippen LogP contribution >= 0.6 is 15.9 Å². The van der Waals surface area contributed by atoms with Gasteiger partial charge in [0, 0.05) is 28.2 Å². The lowest BCUT2D eigenvalue weighted by Crippen LogP contribution is -2.60. The fourth-order valence-corrected chi connectivity index (χ4v) is 4.55. The molecule has 2 fully saturated rings. The zero-order chi connectivity index (χ0) is 15.0. The molecule has 1 aromatic carbocycles. The molecule has 1 aromatic rings. The summed E-state index contributed by atoms with van der Waals surface area (Å²) in [7, 11) is 0. The maximum Gasteiger partial charge on any atom is 0.0670 e. The number of halogens is 1. The summed E-state index contributed by atoms with van der Waals surface area (Å²) < 4.78 is 7.23. The van der Waals surface area contributed by atoms with Crippen LogP contribution in [0.25, 0.3) is 0 Å². The van der Waals surface area contributed by atoms with Crippen molar-refractivity contribution in [2.75, 3.05) is 11.9 Å². The molecule has 0 bridgehead atoms. The minimum Gasteiger partial charge on any atom is -0.382 e. The predicted octanol–water partition coefficient (Wildman–Crippen LogP) is 5.22. The van der Waals surface area contributed by atoms with Crippen LogP contribution in [0.5, 0.6) is 0 Å². The Bertz CT molecular complexity index is 499. The quantitative estimate of drug-likeness (QED) is 0.803. The zero-order valence-electron chi connectivity index (χ0n) is 13.3. The van der Waals surface area contributed by atoms with Gasteiger partial charge >= 0.3 is 0 Å². The van der Waals surface area contributed by atoms with Gasteiger partial charge in [0.2, 0.25) is 0 Å². The van der Waals surface area contributed by atoms with Crippen molar-refractivity contribution in [3.63, 3.8) is 0 Å². The molecule has 0 amide bonds. The highest BCUT2D eigenvalue weighted by atomic mass is 79.9. The highest BCUT2D eigenvalue weighted by Crippen LogP contribution is 2.55. The molecule has 3 heteroatoms. The number of rotatable bonds is 4. The molecule has 0 heterocycles. The third kappa shape index (κ3) is 2.63. The maximum absolute atomic E-state index is 6.00. The number of hydrogen-bond donors (Lipinski definition) is 1. The predicted molar refractivity (Wildman–Crippen MR) is 92.0 cm³/mol. The Morgan fingerprint density at radius 2 is 1.86 bits per heavy atom. The molecule has 2 unspecified atom stereocenters. The molecule has 116 valence electrons. The fourth-order valence-electron chi connectivity index (χ4n) is 4.32. The van der Waals surface area contributed by atoms with Gasteiger partial charge in [-0.1, -0.05) is 28.8 Å². The third-order valence-corrected chi connectivity index (χ3v) is 6.72. The van der Waals surface area contributed by atoms with Gasteiger partial charge in [-0.05, 0) is 63.3 Å². The van der Waals surface area contributed by atoms with E-state index in [1.165, 1.54) is 47.0 Å². The number of hydrogen-bond acceptors (Lipinski definition) is 2.